The van der Waals surface area contributed by atoms with Gasteiger partial charge in [0, 0.05) is 28.0 Å². The molecule has 4 aromatic rings. The highest BCUT2D eigenvalue weighted by Gasteiger charge is 2.52. The molecule has 2 aliphatic heterocycles. The highest BCUT2D eigenvalue weighted by molar-refractivity contribution is 6.30. The fraction of sp³-hybridized carbons (Fsp3) is 0.185. The number of para-hydroxylation sites is 1. The Balaban J connectivity index is 1.47. The van der Waals surface area contributed by atoms with Gasteiger partial charge in [-0.15, -0.1) is 0 Å². The molecule has 6 heteroatoms. The Labute approximate surface area is 196 Å². The smallest absolute Gasteiger partial charge is 0.328 e. The van der Waals surface area contributed by atoms with Crippen LogP contribution in [0.5, 0.6) is 0 Å². The average molecular weight is 456 g/mol. The molecule has 3 aromatic carbocycles. The fourth-order valence-electron chi connectivity index (χ4n) is 5.14. The standard InChI is InChI=1S/C27H22ClN3O2/c1-16-6-8-17(9-7-16)15-30-26(32)23-14-21-20-4-2-3-5-22(20)29-24(21)25(31(23)27(30)33)18-10-12-19(28)13-11-18/h2-13,23,25,29H,14-15H2,1H3/t23-,25+/m0/s1. The topological polar surface area (TPSA) is 56.4 Å². The number of rotatable bonds is 3. The monoisotopic (exact) mass is 455 g/mol. The second-order valence-electron chi connectivity index (χ2n) is 8.84. The summed E-state index contributed by atoms with van der Waals surface area (Å²) < 4.78 is 0. The zero-order chi connectivity index (χ0) is 22.7. The van der Waals surface area contributed by atoms with Gasteiger partial charge in [-0.25, -0.2) is 4.79 Å². The maximum Gasteiger partial charge on any atom is 0.328 e. The van der Waals surface area contributed by atoms with Crippen LogP contribution < -0.4 is 0 Å². The van der Waals surface area contributed by atoms with E-state index in [9.17, 15) is 9.59 Å². The van der Waals surface area contributed by atoms with Gasteiger partial charge in [-0.1, -0.05) is 71.8 Å². The Morgan fingerprint density at radius 1 is 0.970 bits per heavy atom. The minimum absolute atomic E-state index is 0.143. The molecular formula is C27H22ClN3O2. The Hall–Kier alpha value is -3.57. The van der Waals surface area contributed by atoms with Gasteiger partial charge in [-0.05, 0) is 41.8 Å². The Morgan fingerprint density at radius 2 is 1.70 bits per heavy atom. The van der Waals surface area contributed by atoms with E-state index in [2.05, 4.69) is 11.1 Å². The maximum absolute atomic E-state index is 13.7. The molecule has 0 bridgehead atoms. The van der Waals surface area contributed by atoms with Crippen LogP contribution >= 0.6 is 11.6 Å². The van der Waals surface area contributed by atoms with Crippen molar-refractivity contribution in [1.29, 1.82) is 0 Å². The van der Waals surface area contributed by atoms with Crippen LogP contribution in [0.15, 0.2) is 72.8 Å². The molecule has 0 spiro atoms. The van der Waals surface area contributed by atoms with Crippen molar-refractivity contribution in [3.63, 3.8) is 0 Å². The molecule has 1 N–H and O–H groups in total. The molecule has 0 unspecified atom stereocenters. The van der Waals surface area contributed by atoms with Crippen LogP contribution in [0.2, 0.25) is 5.02 Å². The summed E-state index contributed by atoms with van der Waals surface area (Å²) in [5.74, 6) is -0.143. The van der Waals surface area contributed by atoms with Crippen molar-refractivity contribution in [2.75, 3.05) is 0 Å². The highest BCUT2D eigenvalue weighted by Crippen LogP contribution is 2.44. The normalized spacial score (nSPS) is 19.8. The zero-order valence-corrected chi connectivity index (χ0v) is 18.8. The van der Waals surface area contributed by atoms with Gasteiger partial charge in [0.05, 0.1) is 6.54 Å². The molecule has 2 aliphatic rings. The number of benzene rings is 3. The number of aromatic amines is 1. The van der Waals surface area contributed by atoms with E-state index in [0.29, 0.717) is 11.4 Å². The lowest BCUT2D eigenvalue weighted by molar-refractivity contribution is -0.129. The number of amides is 3. The third-order valence-electron chi connectivity index (χ3n) is 6.78. The number of aromatic nitrogens is 1. The van der Waals surface area contributed by atoms with E-state index >= 15 is 0 Å². The van der Waals surface area contributed by atoms with E-state index in [0.717, 1.165) is 38.9 Å². The molecule has 1 saturated heterocycles. The summed E-state index contributed by atoms with van der Waals surface area (Å²) in [4.78, 5) is 33.9. The van der Waals surface area contributed by atoms with Gasteiger partial charge in [0.1, 0.15) is 12.1 Å². The minimum Gasteiger partial charge on any atom is -0.356 e. The van der Waals surface area contributed by atoms with Crippen molar-refractivity contribution >= 4 is 34.4 Å². The molecule has 33 heavy (non-hydrogen) atoms. The number of hydrogen-bond donors (Lipinski definition) is 1. The van der Waals surface area contributed by atoms with Crippen LogP contribution in [-0.2, 0) is 17.8 Å². The van der Waals surface area contributed by atoms with E-state index in [1.54, 1.807) is 4.90 Å². The van der Waals surface area contributed by atoms with Gasteiger partial charge >= 0.3 is 6.03 Å². The second kappa shape index (κ2) is 7.49. The van der Waals surface area contributed by atoms with Crippen molar-refractivity contribution in [1.82, 2.24) is 14.8 Å². The van der Waals surface area contributed by atoms with Crippen molar-refractivity contribution in [2.45, 2.75) is 32.0 Å². The number of urea groups is 1. The van der Waals surface area contributed by atoms with E-state index < -0.39 is 6.04 Å². The minimum atomic E-state index is -0.532. The van der Waals surface area contributed by atoms with Crippen LogP contribution in [0.1, 0.15) is 34.0 Å². The van der Waals surface area contributed by atoms with Crippen molar-refractivity contribution in [2.24, 2.45) is 0 Å². The number of fused-ring (bicyclic) bond motifs is 4. The summed E-state index contributed by atoms with van der Waals surface area (Å²) in [6.45, 7) is 2.29. The molecule has 6 rings (SSSR count). The van der Waals surface area contributed by atoms with Crippen molar-refractivity contribution < 1.29 is 9.59 Å². The number of nitrogens with one attached hydrogen (secondary N) is 1. The SMILES string of the molecule is Cc1ccc(CN2C(=O)[C@@H]3Cc4c([nH]c5ccccc45)[C@@H](c4ccc(Cl)cc4)N3C2=O)cc1. The largest absolute Gasteiger partial charge is 0.356 e. The van der Waals surface area contributed by atoms with Gasteiger partial charge in [-0.3, -0.25) is 14.6 Å². The molecule has 3 amide bonds. The first-order valence-electron chi connectivity index (χ1n) is 11.1. The molecule has 0 aliphatic carbocycles. The van der Waals surface area contributed by atoms with Crippen LogP contribution in [0, 0.1) is 6.92 Å². The lowest BCUT2D eigenvalue weighted by Gasteiger charge is -2.36. The lowest BCUT2D eigenvalue weighted by atomic mass is 9.89. The predicted octanol–water partition coefficient (Wildman–Crippen LogP) is 5.61. The van der Waals surface area contributed by atoms with Crippen LogP contribution in [-0.4, -0.2) is 32.8 Å². The Bertz CT molecular complexity index is 1390. The maximum atomic E-state index is 13.7. The molecule has 2 atom stereocenters. The average Bonchev–Trinajstić information content (AvgIpc) is 3.31. The first kappa shape index (κ1) is 20.1. The molecule has 1 aromatic heterocycles. The number of carbonyl (C=O) groups is 2. The summed E-state index contributed by atoms with van der Waals surface area (Å²) in [5, 5.41) is 1.73. The molecular weight excluding hydrogens is 434 g/mol. The third kappa shape index (κ3) is 3.15. The van der Waals surface area contributed by atoms with E-state index in [1.807, 2.05) is 73.7 Å². The van der Waals surface area contributed by atoms with Crippen LogP contribution in [0.4, 0.5) is 4.79 Å². The summed E-state index contributed by atoms with van der Waals surface area (Å²) in [7, 11) is 0. The van der Waals surface area contributed by atoms with Crippen molar-refractivity contribution in [3.8, 4) is 0 Å². The molecule has 5 nitrogen and oxygen atoms in total. The fourth-order valence-corrected chi connectivity index (χ4v) is 5.27. The zero-order valence-electron chi connectivity index (χ0n) is 18.1. The van der Waals surface area contributed by atoms with Gasteiger partial charge in [0.25, 0.3) is 5.91 Å². The third-order valence-corrected chi connectivity index (χ3v) is 7.03. The molecule has 0 radical (unpaired) electrons. The molecule has 1 fully saturated rings. The number of carbonyl (C=O) groups excluding carboxylic acids is 2. The van der Waals surface area contributed by atoms with Gasteiger partial charge < -0.3 is 4.98 Å². The Kier molecular flexibility index (Phi) is 4.56. The lowest BCUT2D eigenvalue weighted by Crippen LogP contribution is -2.44. The number of hydrogen-bond acceptors (Lipinski definition) is 2. The number of H-pyrrole nitrogens is 1. The first-order chi connectivity index (χ1) is 16.0. The van der Waals surface area contributed by atoms with E-state index in [-0.39, 0.29) is 24.5 Å². The molecule has 164 valence electrons. The number of imide groups is 1. The number of halogens is 1. The van der Waals surface area contributed by atoms with Crippen LogP contribution in [0.25, 0.3) is 10.9 Å². The van der Waals surface area contributed by atoms with Crippen molar-refractivity contribution in [3.05, 3.63) is 106 Å². The van der Waals surface area contributed by atoms with E-state index in [1.165, 1.54) is 4.90 Å². The Morgan fingerprint density at radius 3 is 2.45 bits per heavy atom. The van der Waals surface area contributed by atoms with E-state index in [4.69, 9.17) is 11.6 Å². The first-order valence-corrected chi connectivity index (χ1v) is 11.4. The summed E-state index contributed by atoms with van der Waals surface area (Å²) >= 11 is 6.15. The summed E-state index contributed by atoms with van der Waals surface area (Å²) in [6, 6.07) is 22.4. The summed E-state index contributed by atoms with van der Waals surface area (Å²) in [5.41, 5.74) is 6.09. The van der Waals surface area contributed by atoms with Crippen LogP contribution in [0.3, 0.4) is 0 Å². The molecule has 3 heterocycles. The second-order valence-corrected chi connectivity index (χ2v) is 9.27. The van der Waals surface area contributed by atoms with Gasteiger partial charge in [-0.2, -0.15) is 0 Å². The highest BCUT2D eigenvalue weighted by atomic mass is 35.5. The number of aryl methyl sites for hydroxylation is 1. The quantitative estimate of drug-likeness (QED) is 0.408. The number of nitrogens with zero attached hydrogens (tertiary/aromatic N) is 2. The molecule has 0 saturated carbocycles. The summed E-state index contributed by atoms with van der Waals surface area (Å²) in [6.07, 6.45) is 0.498. The van der Waals surface area contributed by atoms with Gasteiger partial charge in [0.2, 0.25) is 0 Å². The van der Waals surface area contributed by atoms with Gasteiger partial charge in [0.15, 0.2) is 0 Å². The predicted molar refractivity (Wildman–Crippen MR) is 128 cm³/mol.